The number of hydrogen-bond donors (Lipinski definition) is 0. The lowest BCUT2D eigenvalue weighted by molar-refractivity contribution is 0.0987. The van der Waals surface area contributed by atoms with E-state index in [1.807, 2.05) is 18.7 Å². The number of rotatable bonds is 1. The van der Waals surface area contributed by atoms with Crippen LogP contribution in [0.1, 0.15) is 16.1 Å². The maximum Gasteiger partial charge on any atom is 0.258 e. The zero-order valence-electron chi connectivity index (χ0n) is 11.6. The summed E-state index contributed by atoms with van der Waals surface area (Å²) in [4.78, 5) is 14.6. The Morgan fingerprint density at radius 3 is 2.62 bits per heavy atom. The first-order valence-corrected chi connectivity index (χ1v) is 8.16. The SMILES string of the molecule is Cc1nn(C)c2c1N(C(=O)c1cc(Cl)cc(Cl)c1)CCS2. The van der Waals surface area contributed by atoms with Crippen LogP contribution < -0.4 is 4.90 Å². The van der Waals surface area contributed by atoms with E-state index in [9.17, 15) is 4.79 Å². The van der Waals surface area contributed by atoms with E-state index in [-0.39, 0.29) is 5.91 Å². The van der Waals surface area contributed by atoms with E-state index in [0.717, 1.165) is 22.2 Å². The Bertz CT molecular complexity index is 709. The molecule has 1 aliphatic rings. The van der Waals surface area contributed by atoms with Gasteiger partial charge in [0, 0.05) is 35.0 Å². The molecule has 0 fully saturated rings. The van der Waals surface area contributed by atoms with Gasteiger partial charge in [-0.25, -0.2) is 0 Å². The van der Waals surface area contributed by atoms with Crippen molar-refractivity contribution >= 4 is 46.6 Å². The van der Waals surface area contributed by atoms with Crippen LogP contribution in [0.15, 0.2) is 23.2 Å². The molecule has 2 heterocycles. The number of halogens is 2. The third kappa shape index (κ3) is 2.65. The van der Waals surface area contributed by atoms with Gasteiger partial charge in [-0.3, -0.25) is 9.48 Å². The second kappa shape index (κ2) is 5.55. The Labute approximate surface area is 137 Å². The summed E-state index contributed by atoms with van der Waals surface area (Å²) < 4.78 is 1.82. The van der Waals surface area contributed by atoms with Crippen molar-refractivity contribution in [1.82, 2.24) is 9.78 Å². The summed E-state index contributed by atoms with van der Waals surface area (Å²) in [6.07, 6.45) is 0. The van der Waals surface area contributed by atoms with Crippen molar-refractivity contribution in [2.45, 2.75) is 11.9 Å². The van der Waals surface area contributed by atoms with Gasteiger partial charge < -0.3 is 4.90 Å². The summed E-state index contributed by atoms with van der Waals surface area (Å²) in [7, 11) is 1.89. The minimum absolute atomic E-state index is 0.1000. The highest BCUT2D eigenvalue weighted by molar-refractivity contribution is 7.99. The number of carbonyl (C=O) groups excluding carboxylic acids is 1. The van der Waals surface area contributed by atoms with Crippen LogP contribution in [0.4, 0.5) is 5.69 Å². The smallest absolute Gasteiger partial charge is 0.258 e. The number of carbonyl (C=O) groups is 1. The highest BCUT2D eigenvalue weighted by Gasteiger charge is 2.29. The van der Waals surface area contributed by atoms with Crippen molar-refractivity contribution < 1.29 is 4.79 Å². The Kier molecular flexibility index (Phi) is 3.90. The molecule has 7 heteroatoms. The number of anilines is 1. The fraction of sp³-hybridized carbons (Fsp3) is 0.286. The maximum absolute atomic E-state index is 12.8. The van der Waals surface area contributed by atoms with Gasteiger partial charge >= 0.3 is 0 Å². The molecule has 0 atom stereocenters. The van der Waals surface area contributed by atoms with E-state index < -0.39 is 0 Å². The molecule has 1 aliphatic heterocycles. The molecule has 0 saturated heterocycles. The second-order valence-corrected chi connectivity index (χ2v) is 6.78. The molecule has 0 saturated carbocycles. The first-order chi connectivity index (χ1) is 9.97. The van der Waals surface area contributed by atoms with Crippen molar-refractivity contribution in [3.63, 3.8) is 0 Å². The first-order valence-electron chi connectivity index (χ1n) is 6.41. The number of thioether (sulfide) groups is 1. The molecule has 1 amide bonds. The maximum atomic E-state index is 12.8. The summed E-state index contributed by atoms with van der Waals surface area (Å²) in [5.74, 6) is 0.739. The average molecular weight is 342 g/mol. The van der Waals surface area contributed by atoms with Gasteiger partial charge in [0.15, 0.2) is 0 Å². The molecule has 0 bridgehead atoms. The molecule has 3 rings (SSSR count). The van der Waals surface area contributed by atoms with Crippen LogP contribution in [0.25, 0.3) is 0 Å². The molecule has 1 aromatic heterocycles. The minimum atomic E-state index is -0.1000. The zero-order chi connectivity index (χ0) is 15.1. The Hall–Kier alpha value is -1.17. The lowest BCUT2D eigenvalue weighted by Gasteiger charge is -2.27. The minimum Gasteiger partial charge on any atom is -0.303 e. The van der Waals surface area contributed by atoms with Crippen LogP contribution in [0, 0.1) is 6.92 Å². The number of amides is 1. The third-order valence-electron chi connectivity index (χ3n) is 3.32. The standard InChI is InChI=1S/C14H13Cl2N3OS/c1-8-12-14(18(2)17-8)21-4-3-19(12)13(20)9-5-10(15)7-11(16)6-9/h5-7H,3-4H2,1-2H3. The Morgan fingerprint density at radius 2 is 1.95 bits per heavy atom. The zero-order valence-corrected chi connectivity index (χ0v) is 13.9. The third-order valence-corrected chi connectivity index (χ3v) is 4.87. The molecule has 4 nitrogen and oxygen atoms in total. The molecule has 0 radical (unpaired) electrons. The number of benzene rings is 1. The molecule has 0 unspecified atom stereocenters. The number of fused-ring (bicyclic) bond motifs is 1. The van der Waals surface area contributed by atoms with Crippen LogP contribution in [0.5, 0.6) is 0 Å². The van der Waals surface area contributed by atoms with E-state index in [1.54, 1.807) is 34.9 Å². The topological polar surface area (TPSA) is 38.1 Å². The lowest BCUT2D eigenvalue weighted by atomic mass is 10.2. The van der Waals surface area contributed by atoms with Gasteiger partial charge in [-0.15, -0.1) is 11.8 Å². The van der Waals surface area contributed by atoms with E-state index in [1.165, 1.54) is 0 Å². The number of nitrogens with zero attached hydrogens (tertiary/aromatic N) is 3. The summed E-state index contributed by atoms with van der Waals surface area (Å²) in [6, 6.07) is 4.90. The molecule has 2 aromatic rings. The van der Waals surface area contributed by atoms with E-state index in [4.69, 9.17) is 23.2 Å². The van der Waals surface area contributed by atoms with E-state index in [2.05, 4.69) is 5.10 Å². The number of aromatic nitrogens is 2. The molecule has 110 valence electrons. The molecular weight excluding hydrogens is 329 g/mol. The quantitative estimate of drug-likeness (QED) is 0.791. The number of aryl methyl sites for hydroxylation is 2. The van der Waals surface area contributed by atoms with Gasteiger partial charge in [-0.2, -0.15) is 5.10 Å². The van der Waals surface area contributed by atoms with Gasteiger partial charge in [0.2, 0.25) is 0 Å². The van der Waals surface area contributed by atoms with E-state index >= 15 is 0 Å². The Balaban J connectivity index is 2.04. The monoisotopic (exact) mass is 341 g/mol. The van der Waals surface area contributed by atoms with Gasteiger partial charge in [-0.05, 0) is 25.1 Å². The van der Waals surface area contributed by atoms with Gasteiger partial charge in [0.05, 0.1) is 11.4 Å². The van der Waals surface area contributed by atoms with Crippen LogP contribution in [0.2, 0.25) is 10.0 Å². The summed E-state index contributed by atoms with van der Waals surface area (Å²) in [5.41, 5.74) is 2.23. The normalized spacial score (nSPS) is 14.2. The van der Waals surface area contributed by atoms with Crippen molar-refractivity contribution in [2.75, 3.05) is 17.2 Å². The highest BCUT2D eigenvalue weighted by Crippen LogP contribution is 2.37. The van der Waals surface area contributed by atoms with Crippen LogP contribution >= 0.6 is 35.0 Å². The summed E-state index contributed by atoms with van der Waals surface area (Å²) in [5, 5.41) is 6.34. The van der Waals surface area contributed by atoms with Gasteiger partial charge in [-0.1, -0.05) is 23.2 Å². The highest BCUT2D eigenvalue weighted by atomic mass is 35.5. The fourth-order valence-electron chi connectivity index (χ4n) is 2.48. The molecular formula is C14H13Cl2N3OS. The predicted molar refractivity (Wildman–Crippen MR) is 86.8 cm³/mol. The fourth-order valence-corrected chi connectivity index (χ4v) is 4.10. The van der Waals surface area contributed by atoms with E-state index in [0.29, 0.717) is 22.2 Å². The van der Waals surface area contributed by atoms with Gasteiger partial charge in [0.25, 0.3) is 5.91 Å². The molecule has 0 aliphatic carbocycles. The average Bonchev–Trinajstić information content (AvgIpc) is 2.72. The summed E-state index contributed by atoms with van der Waals surface area (Å²) >= 11 is 13.7. The Morgan fingerprint density at radius 1 is 1.29 bits per heavy atom. The predicted octanol–water partition coefficient (Wildman–Crippen LogP) is 3.79. The molecule has 0 spiro atoms. The largest absolute Gasteiger partial charge is 0.303 e. The van der Waals surface area contributed by atoms with Crippen molar-refractivity contribution in [1.29, 1.82) is 0 Å². The van der Waals surface area contributed by atoms with Crippen molar-refractivity contribution in [3.8, 4) is 0 Å². The summed E-state index contributed by atoms with van der Waals surface area (Å²) in [6.45, 7) is 2.56. The van der Waals surface area contributed by atoms with Crippen molar-refractivity contribution in [2.24, 2.45) is 7.05 Å². The molecule has 1 aromatic carbocycles. The molecule has 21 heavy (non-hydrogen) atoms. The first kappa shape index (κ1) is 14.8. The van der Waals surface area contributed by atoms with Crippen LogP contribution in [0.3, 0.4) is 0 Å². The van der Waals surface area contributed by atoms with Crippen LogP contribution in [-0.4, -0.2) is 28.0 Å². The van der Waals surface area contributed by atoms with Gasteiger partial charge in [0.1, 0.15) is 5.03 Å². The number of hydrogen-bond acceptors (Lipinski definition) is 3. The van der Waals surface area contributed by atoms with Crippen LogP contribution in [-0.2, 0) is 7.05 Å². The molecule has 0 N–H and O–H groups in total. The second-order valence-electron chi connectivity index (χ2n) is 4.83. The van der Waals surface area contributed by atoms with Crippen molar-refractivity contribution in [3.05, 3.63) is 39.5 Å². The lowest BCUT2D eigenvalue weighted by Crippen LogP contribution is -2.35.